The summed E-state index contributed by atoms with van der Waals surface area (Å²) in [5, 5.41) is 24.2. The van der Waals surface area contributed by atoms with Gasteiger partial charge in [-0.05, 0) is 18.2 Å². The van der Waals surface area contributed by atoms with Crippen LogP contribution in [0.1, 0.15) is 12.8 Å². The van der Waals surface area contributed by atoms with Crippen LogP contribution in [-0.2, 0) is 9.59 Å². The number of carboxylic acids is 1. The Hall–Kier alpha value is -1.83. The highest BCUT2D eigenvalue weighted by Crippen LogP contribution is 2.27. The van der Waals surface area contributed by atoms with Crippen molar-refractivity contribution in [2.75, 3.05) is 25.6 Å². The quantitative estimate of drug-likeness (QED) is 0.489. The molecule has 0 unspecified atom stereocenters. The normalized spacial score (nSPS) is 11.8. The summed E-state index contributed by atoms with van der Waals surface area (Å²) in [5.41, 5.74) is 0.368. The van der Waals surface area contributed by atoms with Crippen molar-refractivity contribution in [1.82, 2.24) is 0 Å². The summed E-state index contributed by atoms with van der Waals surface area (Å²) < 4.78 is 5.10. The molecule has 1 amide bonds. The van der Waals surface area contributed by atoms with Crippen LogP contribution >= 0.6 is 11.6 Å². The highest BCUT2D eigenvalue weighted by atomic mass is 35.5. The van der Waals surface area contributed by atoms with Crippen LogP contribution in [-0.4, -0.2) is 43.3 Å². The molecule has 0 radical (unpaired) electrons. The minimum absolute atomic E-state index is 0.0395. The van der Waals surface area contributed by atoms with Gasteiger partial charge < -0.3 is 30.4 Å². The van der Waals surface area contributed by atoms with Gasteiger partial charge in [0.2, 0.25) is 5.91 Å². The number of ether oxygens (including phenoxy) is 1. The number of nitrogens with one attached hydrogen (secondary N) is 1. The summed E-state index contributed by atoms with van der Waals surface area (Å²) >= 11 is 5.86. The minimum Gasteiger partial charge on any atom is -0.544 e. The molecule has 7 nitrogen and oxygen atoms in total. The molecule has 0 spiro atoms. The summed E-state index contributed by atoms with van der Waals surface area (Å²) in [6.07, 6.45) is 0.178. The Labute approximate surface area is 133 Å². The maximum absolute atomic E-state index is 12.0. The second-order valence-corrected chi connectivity index (χ2v) is 5.06. The first-order chi connectivity index (χ1) is 10.5. The van der Waals surface area contributed by atoms with Crippen molar-refractivity contribution in [3.05, 3.63) is 23.2 Å². The van der Waals surface area contributed by atoms with E-state index in [0.717, 1.165) is 0 Å². The number of hydrogen-bond donors (Lipinski definition) is 3. The van der Waals surface area contributed by atoms with Crippen LogP contribution in [0.3, 0.4) is 0 Å². The molecular weight excluding hydrogens is 312 g/mol. The first kappa shape index (κ1) is 18.2. The molecule has 0 fully saturated rings. The van der Waals surface area contributed by atoms with Gasteiger partial charge in [-0.2, -0.15) is 0 Å². The third kappa shape index (κ3) is 5.88. The van der Waals surface area contributed by atoms with E-state index in [2.05, 4.69) is 5.32 Å². The van der Waals surface area contributed by atoms with Crippen LogP contribution in [0.5, 0.6) is 5.75 Å². The molecule has 22 heavy (non-hydrogen) atoms. The standard InChI is InChI=1S/C14H19ClN2O5/c1-22-12-4-3-9(15)7-10(12)17-13(19)8-11(14(20)21)16-5-2-6-18/h3-4,7,11,16,18H,2,5-6,8H2,1H3,(H,17,19)(H,20,21)/t11-/m0/s1. The largest absolute Gasteiger partial charge is 0.544 e. The van der Waals surface area contributed by atoms with Gasteiger partial charge >= 0.3 is 0 Å². The van der Waals surface area contributed by atoms with Gasteiger partial charge in [-0.3, -0.25) is 4.79 Å². The van der Waals surface area contributed by atoms with Gasteiger partial charge in [0.05, 0.1) is 31.7 Å². The van der Waals surface area contributed by atoms with Crippen molar-refractivity contribution in [1.29, 1.82) is 0 Å². The molecule has 0 bridgehead atoms. The number of carboxylic acid groups (broad SMARTS) is 1. The highest BCUT2D eigenvalue weighted by Gasteiger charge is 2.19. The summed E-state index contributed by atoms with van der Waals surface area (Å²) in [6, 6.07) is 3.71. The molecule has 0 heterocycles. The van der Waals surface area contributed by atoms with Crippen molar-refractivity contribution >= 4 is 29.2 Å². The van der Waals surface area contributed by atoms with Crippen LogP contribution in [0.25, 0.3) is 0 Å². The lowest BCUT2D eigenvalue weighted by Crippen LogP contribution is -2.93. The third-order valence-corrected chi connectivity index (χ3v) is 3.19. The van der Waals surface area contributed by atoms with Crippen LogP contribution in [0.15, 0.2) is 18.2 Å². The van der Waals surface area contributed by atoms with Crippen LogP contribution < -0.4 is 20.5 Å². The number of anilines is 1. The Morgan fingerprint density at radius 1 is 1.50 bits per heavy atom. The number of aliphatic hydroxyl groups is 1. The SMILES string of the molecule is COc1ccc(Cl)cc1NC(=O)C[C@H]([NH2+]CCCO)C(=O)[O-]. The topological polar surface area (TPSA) is 115 Å². The Morgan fingerprint density at radius 2 is 2.23 bits per heavy atom. The van der Waals surface area contributed by atoms with Gasteiger partial charge in [0.25, 0.3) is 0 Å². The number of nitrogens with two attached hydrogens (primary N) is 1. The maximum Gasteiger partial charge on any atom is 0.230 e. The predicted octanol–water partition coefficient (Wildman–Crippen LogP) is -1.26. The fourth-order valence-electron chi connectivity index (χ4n) is 1.85. The van der Waals surface area contributed by atoms with E-state index in [1.807, 2.05) is 0 Å². The molecular formula is C14H19ClN2O5. The second-order valence-electron chi connectivity index (χ2n) is 4.62. The molecule has 1 rings (SSSR count). The van der Waals surface area contributed by atoms with Gasteiger partial charge in [0, 0.05) is 18.1 Å². The molecule has 0 saturated heterocycles. The van der Waals surface area contributed by atoms with Crippen molar-refractivity contribution in [2.24, 2.45) is 0 Å². The number of benzene rings is 1. The number of rotatable bonds is 9. The molecule has 0 aromatic heterocycles. The summed E-state index contributed by atoms with van der Waals surface area (Å²) in [4.78, 5) is 23.0. The van der Waals surface area contributed by atoms with E-state index < -0.39 is 17.9 Å². The zero-order valence-electron chi connectivity index (χ0n) is 12.2. The monoisotopic (exact) mass is 330 g/mol. The van der Waals surface area contributed by atoms with Crippen molar-refractivity contribution in [3.8, 4) is 5.75 Å². The fourth-order valence-corrected chi connectivity index (χ4v) is 2.02. The van der Waals surface area contributed by atoms with Gasteiger partial charge in [-0.25, -0.2) is 0 Å². The smallest absolute Gasteiger partial charge is 0.230 e. The van der Waals surface area contributed by atoms with Crippen LogP contribution in [0.2, 0.25) is 5.02 Å². The van der Waals surface area contributed by atoms with E-state index in [1.165, 1.54) is 18.5 Å². The average molecular weight is 331 g/mol. The first-order valence-corrected chi connectivity index (χ1v) is 7.14. The molecule has 122 valence electrons. The number of amides is 1. The fraction of sp³-hybridized carbons (Fsp3) is 0.429. The lowest BCUT2D eigenvalue weighted by molar-refractivity contribution is -0.682. The van der Waals surface area contributed by atoms with E-state index in [4.69, 9.17) is 21.4 Å². The van der Waals surface area contributed by atoms with Gasteiger partial charge in [0.15, 0.2) is 0 Å². The number of carbonyl (C=O) groups excluding carboxylic acids is 2. The van der Waals surface area contributed by atoms with Crippen LogP contribution in [0.4, 0.5) is 5.69 Å². The number of hydrogen-bond acceptors (Lipinski definition) is 5. The summed E-state index contributed by atoms with van der Waals surface area (Å²) in [5.74, 6) is -1.40. The highest BCUT2D eigenvalue weighted by molar-refractivity contribution is 6.31. The number of quaternary nitrogens is 1. The Kier molecular flexibility index (Phi) is 7.65. The van der Waals surface area contributed by atoms with Crippen molar-refractivity contribution in [2.45, 2.75) is 18.9 Å². The number of carbonyl (C=O) groups is 2. The third-order valence-electron chi connectivity index (χ3n) is 2.96. The molecule has 0 aliphatic heterocycles. The van der Waals surface area contributed by atoms with E-state index in [1.54, 1.807) is 12.1 Å². The Morgan fingerprint density at radius 3 is 2.82 bits per heavy atom. The lowest BCUT2D eigenvalue weighted by Gasteiger charge is -2.17. The summed E-state index contributed by atoms with van der Waals surface area (Å²) in [7, 11) is 1.45. The van der Waals surface area contributed by atoms with Gasteiger partial charge in [0.1, 0.15) is 11.8 Å². The van der Waals surface area contributed by atoms with Crippen molar-refractivity contribution in [3.63, 3.8) is 0 Å². The predicted molar refractivity (Wildman–Crippen MR) is 78.5 cm³/mol. The molecule has 1 atom stereocenters. The molecule has 4 N–H and O–H groups in total. The maximum atomic E-state index is 12.0. The summed E-state index contributed by atoms with van der Waals surface area (Å²) in [6.45, 7) is 0.352. The van der Waals surface area contributed by atoms with E-state index in [9.17, 15) is 14.7 Å². The Balaban J connectivity index is 2.67. The van der Waals surface area contributed by atoms with Gasteiger partial charge in [-0.15, -0.1) is 0 Å². The number of aliphatic hydroxyl groups excluding tert-OH is 1. The van der Waals surface area contributed by atoms with E-state index >= 15 is 0 Å². The molecule has 1 aromatic rings. The van der Waals surface area contributed by atoms with Gasteiger partial charge in [-0.1, -0.05) is 11.6 Å². The number of aliphatic carboxylic acids is 1. The molecule has 0 aliphatic carbocycles. The van der Waals surface area contributed by atoms with E-state index in [-0.39, 0.29) is 13.0 Å². The second kappa shape index (κ2) is 9.24. The average Bonchev–Trinajstić information content (AvgIpc) is 2.46. The molecule has 0 aliphatic rings. The van der Waals surface area contributed by atoms with E-state index in [0.29, 0.717) is 29.4 Å². The van der Waals surface area contributed by atoms with Crippen LogP contribution in [0, 0.1) is 0 Å². The zero-order valence-corrected chi connectivity index (χ0v) is 12.9. The molecule has 1 aromatic carbocycles. The zero-order chi connectivity index (χ0) is 16.5. The lowest BCUT2D eigenvalue weighted by atomic mass is 10.2. The first-order valence-electron chi connectivity index (χ1n) is 6.76. The molecule has 0 saturated carbocycles. The van der Waals surface area contributed by atoms with Crippen molar-refractivity contribution < 1.29 is 29.9 Å². The Bertz CT molecular complexity index is 524. The molecule has 8 heteroatoms. The number of halogens is 1. The minimum atomic E-state index is -1.33. The number of methoxy groups -OCH3 is 1.